The van der Waals surface area contributed by atoms with E-state index < -0.39 is 0 Å². The summed E-state index contributed by atoms with van der Waals surface area (Å²) in [4.78, 5) is 19.3. The van der Waals surface area contributed by atoms with E-state index in [1.54, 1.807) is 6.20 Å². The Balaban J connectivity index is 1.48. The number of hydrogen-bond donors (Lipinski definition) is 1. The number of hydrogen-bond acceptors (Lipinski definition) is 3. The molecule has 1 aromatic heterocycles. The van der Waals surface area contributed by atoms with E-state index in [9.17, 15) is 4.79 Å². The molecule has 1 aliphatic heterocycles. The minimum atomic E-state index is 0.129. The van der Waals surface area contributed by atoms with Crippen molar-refractivity contribution in [3.63, 3.8) is 0 Å². The molecule has 5 heteroatoms. The van der Waals surface area contributed by atoms with Crippen LogP contribution in [-0.2, 0) is 6.54 Å². The molecule has 0 spiro atoms. The van der Waals surface area contributed by atoms with E-state index in [0.29, 0.717) is 5.92 Å². The lowest BCUT2D eigenvalue weighted by molar-refractivity contribution is 0.0662. The number of imidazole rings is 1. The zero-order valence-corrected chi connectivity index (χ0v) is 16.2. The number of nitrogens with zero attached hydrogens (tertiary/aromatic N) is 3. The minimum Gasteiger partial charge on any atom is -0.388 e. The molecule has 1 amide bonds. The second kappa shape index (κ2) is 8.30. The van der Waals surface area contributed by atoms with Crippen molar-refractivity contribution in [2.45, 2.75) is 19.4 Å². The van der Waals surface area contributed by atoms with Crippen LogP contribution in [0.2, 0.25) is 0 Å². The molecule has 4 rings (SSSR count). The average molecular weight is 374 g/mol. The fourth-order valence-electron chi connectivity index (χ4n) is 3.94. The Hall–Kier alpha value is -3.08. The van der Waals surface area contributed by atoms with E-state index in [-0.39, 0.29) is 5.91 Å². The standard InChI is InChI=1S/C23H26N4O/c1-24-22-9-7-19(8-10-22)20-5-2-6-21(14-20)23(28)27-12-3-4-18(16-27)15-26-13-11-25-17-26/h2,5-11,13-14,17-18,24H,3-4,12,15-16H2,1H3/t18-/m1/s1. The molecule has 5 nitrogen and oxygen atoms in total. The number of carbonyl (C=O) groups excluding carboxylic acids is 1. The topological polar surface area (TPSA) is 50.2 Å². The Labute approximate surface area is 166 Å². The van der Waals surface area contributed by atoms with Gasteiger partial charge in [0, 0.05) is 50.3 Å². The quantitative estimate of drug-likeness (QED) is 0.730. The van der Waals surface area contributed by atoms with Crippen molar-refractivity contribution in [3.8, 4) is 11.1 Å². The number of benzene rings is 2. The fourth-order valence-corrected chi connectivity index (χ4v) is 3.94. The molecule has 0 saturated carbocycles. The summed E-state index contributed by atoms with van der Waals surface area (Å²) in [6, 6.07) is 16.2. The highest BCUT2D eigenvalue weighted by Gasteiger charge is 2.24. The van der Waals surface area contributed by atoms with Crippen molar-refractivity contribution < 1.29 is 4.79 Å². The molecule has 144 valence electrons. The lowest BCUT2D eigenvalue weighted by Crippen LogP contribution is -2.41. The van der Waals surface area contributed by atoms with Crippen molar-refractivity contribution in [1.29, 1.82) is 0 Å². The Bertz CT molecular complexity index is 918. The molecule has 0 unspecified atom stereocenters. The van der Waals surface area contributed by atoms with Gasteiger partial charge in [0.05, 0.1) is 6.33 Å². The predicted octanol–water partition coefficient (Wildman–Crippen LogP) is 4.14. The summed E-state index contributed by atoms with van der Waals surface area (Å²) in [5.74, 6) is 0.605. The SMILES string of the molecule is CNc1ccc(-c2cccc(C(=O)N3CCC[C@H](Cn4ccnc4)C3)c2)cc1. The van der Waals surface area contributed by atoms with E-state index in [2.05, 4.69) is 45.2 Å². The van der Waals surface area contributed by atoms with Gasteiger partial charge in [-0.25, -0.2) is 4.98 Å². The van der Waals surface area contributed by atoms with Crippen LogP contribution < -0.4 is 5.32 Å². The van der Waals surface area contributed by atoms with E-state index in [0.717, 1.165) is 54.9 Å². The van der Waals surface area contributed by atoms with Crippen LogP contribution in [0.1, 0.15) is 23.2 Å². The molecule has 1 atom stereocenters. The van der Waals surface area contributed by atoms with E-state index in [4.69, 9.17) is 0 Å². The molecule has 28 heavy (non-hydrogen) atoms. The van der Waals surface area contributed by atoms with Crippen LogP contribution in [-0.4, -0.2) is 40.5 Å². The van der Waals surface area contributed by atoms with Gasteiger partial charge in [-0.15, -0.1) is 0 Å². The van der Waals surface area contributed by atoms with Crippen molar-refractivity contribution in [1.82, 2.24) is 14.5 Å². The largest absolute Gasteiger partial charge is 0.388 e. The molecular formula is C23H26N4O. The summed E-state index contributed by atoms with van der Waals surface area (Å²) < 4.78 is 2.11. The van der Waals surface area contributed by atoms with Crippen LogP contribution in [0.25, 0.3) is 11.1 Å². The first-order valence-electron chi connectivity index (χ1n) is 9.86. The van der Waals surface area contributed by atoms with Gasteiger partial charge >= 0.3 is 0 Å². The van der Waals surface area contributed by atoms with E-state index in [1.165, 1.54) is 0 Å². The third kappa shape index (κ3) is 4.09. The lowest BCUT2D eigenvalue weighted by atomic mass is 9.96. The molecule has 1 N–H and O–H groups in total. The molecule has 1 aliphatic rings. The molecular weight excluding hydrogens is 348 g/mol. The Kier molecular flexibility index (Phi) is 5.42. The number of nitrogens with one attached hydrogen (secondary N) is 1. The van der Waals surface area contributed by atoms with Gasteiger partial charge in [0.25, 0.3) is 5.91 Å². The maximum atomic E-state index is 13.1. The van der Waals surface area contributed by atoms with Crippen LogP contribution in [0.4, 0.5) is 5.69 Å². The third-order valence-electron chi connectivity index (χ3n) is 5.45. The molecule has 0 aliphatic carbocycles. The smallest absolute Gasteiger partial charge is 0.253 e. The van der Waals surface area contributed by atoms with Crippen molar-refractivity contribution in [2.24, 2.45) is 5.92 Å². The van der Waals surface area contributed by atoms with Gasteiger partial charge in [-0.1, -0.05) is 24.3 Å². The van der Waals surface area contributed by atoms with Gasteiger partial charge in [0.1, 0.15) is 0 Å². The van der Waals surface area contributed by atoms with Gasteiger partial charge in [-0.2, -0.15) is 0 Å². The molecule has 2 aromatic carbocycles. The third-order valence-corrected chi connectivity index (χ3v) is 5.45. The summed E-state index contributed by atoms with van der Waals surface area (Å²) in [5.41, 5.74) is 4.03. The maximum absolute atomic E-state index is 13.1. The molecule has 0 bridgehead atoms. The molecule has 1 fully saturated rings. The second-order valence-corrected chi connectivity index (χ2v) is 7.43. The highest BCUT2D eigenvalue weighted by atomic mass is 16.2. The Morgan fingerprint density at radius 1 is 1.18 bits per heavy atom. The summed E-state index contributed by atoms with van der Waals surface area (Å²) >= 11 is 0. The second-order valence-electron chi connectivity index (χ2n) is 7.43. The van der Waals surface area contributed by atoms with Crippen molar-refractivity contribution >= 4 is 11.6 Å². The zero-order valence-electron chi connectivity index (χ0n) is 16.2. The number of piperidine rings is 1. The fraction of sp³-hybridized carbons (Fsp3) is 0.304. The van der Waals surface area contributed by atoms with Crippen molar-refractivity contribution in [2.75, 3.05) is 25.5 Å². The number of amides is 1. The van der Waals surface area contributed by atoms with Crippen LogP contribution in [0.5, 0.6) is 0 Å². The summed E-state index contributed by atoms with van der Waals surface area (Å²) in [7, 11) is 1.91. The number of likely N-dealkylation sites (tertiary alicyclic amines) is 1. The number of rotatable bonds is 5. The molecule has 2 heterocycles. The number of anilines is 1. The van der Waals surface area contributed by atoms with Crippen molar-refractivity contribution in [3.05, 3.63) is 72.8 Å². The normalized spacial score (nSPS) is 16.8. The molecule has 0 radical (unpaired) electrons. The first-order chi connectivity index (χ1) is 13.7. The highest BCUT2D eigenvalue weighted by molar-refractivity contribution is 5.95. The van der Waals surface area contributed by atoms with E-state index in [1.807, 2.05) is 42.7 Å². The Morgan fingerprint density at radius 2 is 2.04 bits per heavy atom. The Morgan fingerprint density at radius 3 is 2.79 bits per heavy atom. The van der Waals surface area contributed by atoms with Gasteiger partial charge < -0.3 is 14.8 Å². The van der Waals surface area contributed by atoms with Crippen LogP contribution in [0.15, 0.2) is 67.3 Å². The molecule has 3 aromatic rings. The predicted molar refractivity (Wildman–Crippen MR) is 112 cm³/mol. The first-order valence-corrected chi connectivity index (χ1v) is 9.86. The van der Waals surface area contributed by atoms with E-state index >= 15 is 0 Å². The zero-order chi connectivity index (χ0) is 19.3. The summed E-state index contributed by atoms with van der Waals surface area (Å²) in [5, 5.41) is 3.13. The monoisotopic (exact) mass is 374 g/mol. The van der Waals surface area contributed by atoms with Gasteiger partial charge in [0.15, 0.2) is 0 Å². The number of aromatic nitrogens is 2. The number of carbonyl (C=O) groups is 1. The summed E-state index contributed by atoms with van der Waals surface area (Å²) in [6.07, 6.45) is 7.85. The summed E-state index contributed by atoms with van der Waals surface area (Å²) in [6.45, 7) is 2.56. The van der Waals surface area contributed by atoms with Gasteiger partial charge in [0.2, 0.25) is 0 Å². The molecule has 1 saturated heterocycles. The van der Waals surface area contributed by atoms with Crippen LogP contribution in [0.3, 0.4) is 0 Å². The first kappa shape index (κ1) is 18.3. The minimum absolute atomic E-state index is 0.129. The van der Waals surface area contributed by atoms with Gasteiger partial charge in [-0.05, 0) is 54.2 Å². The highest BCUT2D eigenvalue weighted by Crippen LogP contribution is 2.25. The van der Waals surface area contributed by atoms with Gasteiger partial charge in [-0.3, -0.25) is 4.79 Å². The lowest BCUT2D eigenvalue weighted by Gasteiger charge is -2.33. The van der Waals surface area contributed by atoms with Crippen LogP contribution >= 0.6 is 0 Å². The average Bonchev–Trinajstić information content (AvgIpc) is 3.26. The maximum Gasteiger partial charge on any atom is 0.253 e. The van der Waals surface area contributed by atoms with Crippen LogP contribution in [0, 0.1) is 5.92 Å².